The minimum absolute atomic E-state index is 0.0416. The molecule has 208 valence electrons. The van der Waals surface area contributed by atoms with Crippen LogP contribution in [0.1, 0.15) is 36.0 Å². The lowest BCUT2D eigenvalue weighted by molar-refractivity contribution is -0.137. The summed E-state index contributed by atoms with van der Waals surface area (Å²) in [5, 5.41) is 24.4. The number of amides is 3. The number of benzene rings is 2. The Hall–Kier alpha value is -4.87. The molecule has 0 aliphatic rings. The van der Waals surface area contributed by atoms with Crippen LogP contribution in [0.15, 0.2) is 61.2 Å². The number of amidine groups is 1. The molecule has 2 aromatic carbocycles. The quantitative estimate of drug-likeness (QED) is 0.0761. The maximum absolute atomic E-state index is 13.3. The Labute approximate surface area is 226 Å². The number of nitrogens with two attached hydrogens (primary N) is 2. The van der Waals surface area contributed by atoms with Crippen molar-refractivity contribution in [1.82, 2.24) is 16.0 Å². The summed E-state index contributed by atoms with van der Waals surface area (Å²) in [6, 6.07) is 11.3. The molecule has 3 amide bonds. The van der Waals surface area contributed by atoms with Gasteiger partial charge in [-0.15, -0.1) is 0 Å². The van der Waals surface area contributed by atoms with Crippen LogP contribution >= 0.6 is 0 Å². The zero-order valence-corrected chi connectivity index (χ0v) is 21.4. The van der Waals surface area contributed by atoms with Crippen molar-refractivity contribution >= 4 is 35.4 Å². The first-order valence-corrected chi connectivity index (χ1v) is 12.2. The van der Waals surface area contributed by atoms with Crippen molar-refractivity contribution in [2.45, 2.75) is 44.3 Å². The lowest BCUT2D eigenvalue weighted by Gasteiger charge is -2.23. The molecule has 0 aliphatic carbocycles. The van der Waals surface area contributed by atoms with Crippen molar-refractivity contribution in [3.8, 4) is 0 Å². The third-order valence-corrected chi connectivity index (χ3v) is 5.58. The van der Waals surface area contributed by atoms with Gasteiger partial charge in [-0.3, -0.25) is 19.8 Å². The molecular weight excluding hydrogens is 504 g/mol. The summed E-state index contributed by atoms with van der Waals surface area (Å²) in [5.41, 5.74) is 13.7. The minimum Gasteiger partial charge on any atom is -0.481 e. The summed E-state index contributed by atoms with van der Waals surface area (Å²) in [4.78, 5) is 49.5. The van der Waals surface area contributed by atoms with Crippen LogP contribution in [0, 0.1) is 5.41 Å². The molecule has 0 fully saturated rings. The molecule has 0 saturated heterocycles. The van der Waals surface area contributed by atoms with Crippen LogP contribution in [0.25, 0.3) is 0 Å². The zero-order chi connectivity index (χ0) is 28.8. The predicted molar refractivity (Wildman–Crippen MR) is 146 cm³/mol. The van der Waals surface area contributed by atoms with E-state index in [4.69, 9.17) is 26.7 Å². The van der Waals surface area contributed by atoms with Gasteiger partial charge in [0.25, 0.3) is 0 Å². The molecule has 2 rings (SSSR count). The van der Waals surface area contributed by atoms with Gasteiger partial charge < -0.3 is 37.3 Å². The first-order chi connectivity index (χ1) is 18.6. The van der Waals surface area contributed by atoms with E-state index in [2.05, 4.69) is 22.5 Å². The second kappa shape index (κ2) is 15.4. The fourth-order valence-corrected chi connectivity index (χ4v) is 3.60. The summed E-state index contributed by atoms with van der Waals surface area (Å²) < 4.78 is 4.95. The molecule has 0 aromatic heterocycles. The maximum Gasteiger partial charge on any atom is 0.408 e. The summed E-state index contributed by atoms with van der Waals surface area (Å²) in [6.45, 7) is 3.55. The Morgan fingerprint density at radius 2 is 1.74 bits per heavy atom. The van der Waals surface area contributed by atoms with Crippen LogP contribution < -0.4 is 27.4 Å². The molecule has 39 heavy (non-hydrogen) atoms. The summed E-state index contributed by atoms with van der Waals surface area (Å²) in [6.07, 6.45) is 0.564. The Bertz CT molecular complexity index is 1180. The lowest BCUT2D eigenvalue weighted by atomic mass is 10.0. The summed E-state index contributed by atoms with van der Waals surface area (Å²) in [5.74, 6) is -2.33. The molecule has 0 radical (unpaired) electrons. The van der Waals surface area contributed by atoms with E-state index >= 15 is 0 Å². The Balaban J connectivity index is 2.18. The highest BCUT2D eigenvalue weighted by atomic mass is 16.5. The second-order valence-corrected chi connectivity index (χ2v) is 8.71. The number of nitrogen functional groups attached to an aromatic ring is 2. The number of hydrogen-bond acceptors (Lipinski definition) is 7. The molecule has 0 heterocycles. The lowest BCUT2D eigenvalue weighted by Crippen LogP contribution is -2.54. The van der Waals surface area contributed by atoms with Gasteiger partial charge in [0.1, 0.15) is 24.5 Å². The van der Waals surface area contributed by atoms with Crippen molar-refractivity contribution < 1.29 is 29.0 Å². The van der Waals surface area contributed by atoms with E-state index in [1.807, 2.05) is 0 Å². The van der Waals surface area contributed by atoms with Crippen molar-refractivity contribution in [2.24, 2.45) is 5.73 Å². The van der Waals surface area contributed by atoms with Gasteiger partial charge in [0.05, 0.1) is 0 Å². The first-order valence-electron chi connectivity index (χ1n) is 12.2. The SMILES string of the molecule is C=CCOC(=O)N[C@@H](Cc1ccc(C(=N)N)cc1)C(=O)N[C@@H](CCCC(=O)O)C(=O)NCc1cccc(N)c1. The van der Waals surface area contributed by atoms with Crippen LogP contribution in [0.2, 0.25) is 0 Å². The number of nitrogens with one attached hydrogen (secondary N) is 4. The highest BCUT2D eigenvalue weighted by Gasteiger charge is 2.27. The van der Waals surface area contributed by atoms with Gasteiger partial charge in [0.15, 0.2) is 0 Å². The predicted octanol–water partition coefficient (Wildman–Crippen LogP) is 1.43. The van der Waals surface area contributed by atoms with Gasteiger partial charge in [0.2, 0.25) is 11.8 Å². The molecule has 2 atom stereocenters. The number of carboxylic acid groups (broad SMARTS) is 1. The number of hydrogen-bond donors (Lipinski definition) is 7. The highest BCUT2D eigenvalue weighted by Crippen LogP contribution is 2.10. The number of carboxylic acids is 1. The molecule has 12 heteroatoms. The van der Waals surface area contributed by atoms with Crippen LogP contribution in [0.5, 0.6) is 0 Å². The fourth-order valence-electron chi connectivity index (χ4n) is 3.60. The number of carbonyl (C=O) groups is 4. The van der Waals surface area contributed by atoms with Gasteiger partial charge in [0, 0.05) is 30.6 Å². The van der Waals surface area contributed by atoms with Crippen molar-refractivity contribution in [2.75, 3.05) is 12.3 Å². The number of anilines is 1. The van der Waals surface area contributed by atoms with E-state index < -0.39 is 36.0 Å². The molecule has 2 aromatic rings. The second-order valence-electron chi connectivity index (χ2n) is 8.71. The van der Waals surface area contributed by atoms with E-state index in [0.29, 0.717) is 16.8 Å². The molecule has 0 saturated carbocycles. The monoisotopic (exact) mass is 538 g/mol. The van der Waals surface area contributed by atoms with Gasteiger partial charge in [-0.1, -0.05) is 49.1 Å². The average molecular weight is 539 g/mol. The van der Waals surface area contributed by atoms with Crippen molar-refractivity contribution in [1.29, 1.82) is 5.41 Å². The Morgan fingerprint density at radius 1 is 1.03 bits per heavy atom. The van der Waals surface area contributed by atoms with E-state index in [9.17, 15) is 19.2 Å². The Morgan fingerprint density at radius 3 is 2.36 bits per heavy atom. The standard InChI is InChI=1S/C27H34N6O6/c1-2-13-39-27(38)33-22(15-17-9-11-19(12-10-17)24(29)30)26(37)32-21(7-4-8-23(34)35)25(36)31-16-18-5-3-6-20(28)14-18/h2-3,5-6,9-12,14,21-22H,1,4,7-8,13,15-16,28H2,(H3,29,30)(H,31,36)(H,32,37)(H,33,38)(H,34,35)/t21-,22-/m0/s1. The van der Waals surface area contributed by atoms with E-state index in [0.717, 1.165) is 5.56 Å². The highest BCUT2D eigenvalue weighted by molar-refractivity contribution is 5.95. The summed E-state index contributed by atoms with van der Waals surface area (Å²) >= 11 is 0. The Kier molecular flexibility index (Phi) is 12.0. The van der Waals surface area contributed by atoms with E-state index in [-0.39, 0.29) is 44.7 Å². The number of aliphatic carboxylic acids is 1. The number of ether oxygens (including phenoxy) is 1. The van der Waals surface area contributed by atoms with Crippen LogP contribution in [0.4, 0.5) is 10.5 Å². The smallest absolute Gasteiger partial charge is 0.408 e. The number of rotatable bonds is 15. The van der Waals surface area contributed by atoms with Gasteiger partial charge in [-0.05, 0) is 36.1 Å². The normalized spacial score (nSPS) is 11.9. The molecule has 9 N–H and O–H groups in total. The molecular formula is C27H34N6O6. The van der Waals surface area contributed by atoms with Crippen LogP contribution in [0.3, 0.4) is 0 Å². The number of carbonyl (C=O) groups excluding carboxylic acids is 3. The minimum atomic E-state index is -1.13. The van der Waals surface area contributed by atoms with Crippen LogP contribution in [-0.2, 0) is 32.1 Å². The third kappa shape index (κ3) is 11.0. The van der Waals surface area contributed by atoms with Crippen LogP contribution in [-0.4, -0.2) is 53.5 Å². The molecule has 0 bridgehead atoms. The topological polar surface area (TPSA) is 210 Å². The van der Waals surface area contributed by atoms with Gasteiger partial charge in [-0.2, -0.15) is 0 Å². The summed E-state index contributed by atoms with van der Waals surface area (Å²) in [7, 11) is 0. The zero-order valence-electron chi connectivity index (χ0n) is 21.4. The van der Waals surface area contributed by atoms with E-state index in [1.165, 1.54) is 6.08 Å². The average Bonchev–Trinajstić information content (AvgIpc) is 2.89. The van der Waals surface area contributed by atoms with Gasteiger partial charge >= 0.3 is 12.1 Å². The fraction of sp³-hybridized carbons (Fsp3) is 0.296. The van der Waals surface area contributed by atoms with Gasteiger partial charge in [-0.25, -0.2) is 4.79 Å². The third-order valence-electron chi connectivity index (χ3n) is 5.58. The largest absolute Gasteiger partial charge is 0.481 e. The molecule has 12 nitrogen and oxygen atoms in total. The number of alkyl carbamates (subject to hydrolysis) is 1. The first kappa shape index (κ1) is 30.4. The molecule has 0 aliphatic heterocycles. The van der Waals surface area contributed by atoms with Crippen molar-refractivity contribution in [3.05, 3.63) is 77.9 Å². The van der Waals surface area contributed by atoms with E-state index in [1.54, 1.807) is 48.5 Å². The molecule has 0 unspecified atom stereocenters. The van der Waals surface area contributed by atoms with Crippen molar-refractivity contribution in [3.63, 3.8) is 0 Å². The molecule has 0 spiro atoms. The maximum atomic E-state index is 13.3.